The van der Waals surface area contributed by atoms with Crippen LogP contribution in [-0.4, -0.2) is 15.2 Å². The third kappa shape index (κ3) is 1.10. The number of aryl methyl sites for hydroxylation is 1. The fourth-order valence-corrected chi connectivity index (χ4v) is 2.88. The van der Waals surface area contributed by atoms with E-state index >= 15 is 0 Å². The van der Waals surface area contributed by atoms with Gasteiger partial charge in [-0.15, -0.1) is 0 Å². The van der Waals surface area contributed by atoms with Gasteiger partial charge in [0.05, 0.1) is 0 Å². The van der Waals surface area contributed by atoms with Gasteiger partial charge >= 0.3 is 0 Å². The summed E-state index contributed by atoms with van der Waals surface area (Å²) in [5, 5.41) is 7.20. The van der Waals surface area contributed by atoms with Gasteiger partial charge in [-0.05, 0) is 31.6 Å². The maximum absolute atomic E-state index is 4.43. The summed E-state index contributed by atoms with van der Waals surface area (Å²) in [6, 6.07) is 0. The maximum atomic E-state index is 4.43. The highest BCUT2D eigenvalue weighted by Crippen LogP contribution is 2.60. The predicted molar refractivity (Wildman–Crippen MR) is 49.3 cm³/mol. The largest absolute Gasteiger partial charge is 0.263 e. The summed E-state index contributed by atoms with van der Waals surface area (Å²) in [5.74, 6) is 4.58. The molecule has 2 atom stereocenters. The van der Waals surface area contributed by atoms with Gasteiger partial charge in [-0.3, -0.25) is 5.10 Å². The number of nitrogens with zero attached hydrogens (tertiary/aromatic N) is 2. The summed E-state index contributed by atoms with van der Waals surface area (Å²) in [4.78, 5) is 4.43. The molecule has 0 aromatic carbocycles. The summed E-state index contributed by atoms with van der Waals surface area (Å²) in [5.41, 5.74) is 0. The lowest BCUT2D eigenvalue weighted by atomic mass is 10.0. The topological polar surface area (TPSA) is 41.6 Å². The van der Waals surface area contributed by atoms with Gasteiger partial charge in [-0.25, -0.2) is 4.98 Å². The number of hydrogen-bond acceptors (Lipinski definition) is 2. The van der Waals surface area contributed by atoms with E-state index in [1.807, 2.05) is 6.92 Å². The Hall–Kier alpha value is -0.860. The molecule has 0 radical (unpaired) electrons. The molecule has 0 amide bonds. The van der Waals surface area contributed by atoms with Crippen molar-refractivity contribution in [1.29, 1.82) is 0 Å². The van der Waals surface area contributed by atoms with Crippen LogP contribution in [0, 0.1) is 18.8 Å². The monoisotopic (exact) mass is 177 g/mol. The first-order valence-corrected chi connectivity index (χ1v) is 5.25. The number of aromatic nitrogens is 3. The average Bonchev–Trinajstić information content (AvgIpc) is 2.73. The summed E-state index contributed by atoms with van der Waals surface area (Å²) >= 11 is 0. The first-order valence-electron chi connectivity index (χ1n) is 5.25. The lowest BCUT2D eigenvalue weighted by Crippen LogP contribution is -1.91. The molecule has 13 heavy (non-hydrogen) atoms. The zero-order valence-corrected chi connectivity index (χ0v) is 7.95. The zero-order valence-electron chi connectivity index (χ0n) is 7.95. The van der Waals surface area contributed by atoms with Crippen molar-refractivity contribution in [3.8, 4) is 0 Å². The molecule has 2 aliphatic carbocycles. The van der Waals surface area contributed by atoms with Gasteiger partial charge in [-0.2, -0.15) is 5.10 Å². The lowest BCUT2D eigenvalue weighted by molar-refractivity contribution is 0.480. The second kappa shape index (κ2) is 2.56. The van der Waals surface area contributed by atoms with Crippen LogP contribution in [0.3, 0.4) is 0 Å². The number of fused-ring (bicyclic) bond motifs is 1. The fraction of sp³-hybridized carbons (Fsp3) is 0.800. The van der Waals surface area contributed by atoms with E-state index in [0.29, 0.717) is 5.92 Å². The van der Waals surface area contributed by atoms with Crippen LogP contribution in [0.4, 0.5) is 0 Å². The van der Waals surface area contributed by atoms with Crippen LogP contribution >= 0.6 is 0 Å². The number of aromatic amines is 1. The van der Waals surface area contributed by atoms with Crippen LogP contribution in [0.1, 0.15) is 43.3 Å². The van der Waals surface area contributed by atoms with E-state index in [4.69, 9.17) is 0 Å². The molecule has 3 nitrogen and oxygen atoms in total. The van der Waals surface area contributed by atoms with Crippen molar-refractivity contribution >= 4 is 0 Å². The van der Waals surface area contributed by atoms with Gasteiger partial charge in [0, 0.05) is 5.92 Å². The number of nitrogens with one attached hydrogen (secondary N) is 1. The molecule has 0 spiro atoms. The smallest absolute Gasteiger partial charge is 0.154 e. The van der Waals surface area contributed by atoms with E-state index in [1.165, 1.54) is 25.7 Å². The highest BCUT2D eigenvalue weighted by atomic mass is 15.2. The molecule has 1 heterocycles. The molecule has 0 saturated heterocycles. The molecule has 2 fully saturated rings. The van der Waals surface area contributed by atoms with Crippen molar-refractivity contribution in [3.05, 3.63) is 11.6 Å². The summed E-state index contributed by atoms with van der Waals surface area (Å²) in [6.07, 6.45) is 5.65. The quantitative estimate of drug-likeness (QED) is 0.713. The number of H-pyrrole nitrogens is 1. The van der Waals surface area contributed by atoms with Gasteiger partial charge in [0.1, 0.15) is 5.82 Å². The minimum atomic E-state index is 0.701. The minimum absolute atomic E-state index is 0.701. The first-order chi connectivity index (χ1) is 6.36. The van der Waals surface area contributed by atoms with E-state index in [1.54, 1.807) is 0 Å². The fourth-order valence-electron chi connectivity index (χ4n) is 2.88. The summed E-state index contributed by atoms with van der Waals surface area (Å²) in [7, 11) is 0. The molecule has 2 aliphatic rings. The molecule has 1 aromatic rings. The molecule has 0 bridgehead atoms. The minimum Gasteiger partial charge on any atom is -0.263 e. The second-order valence-corrected chi connectivity index (χ2v) is 4.42. The molecule has 3 heteroatoms. The standard InChI is InChI=1S/C10H15N3/c1-6-11-10(13-12-6)9-7-4-2-3-5-8(7)9/h7-9H,2-5H2,1H3,(H,11,12,13). The van der Waals surface area contributed by atoms with Gasteiger partial charge in [0.2, 0.25) is 0 Å². The SMILES string of the molecule is Cc1nc(C2C3CCCCC32)n[nH]1. The van der Waals surface area contributed by atoms with Gasteiger partial charge in [0.15, 0.2) is 5.82 Å². The van der Waals surface area contributed by atoms with Crippen LogP contribution < -0.4 is 0 Å². The van der Waals surface area contributed by atoms with Crippen molar-refractivity contribution in [1.82, 2.24) is 15.2 Å². The van der Waals surface area contributed by atoms with E-state index in [-0.39, 0.29) is 0 Å². The van der Waals surface area contributed by atoms with Crippen LogP contribution in [0.2, 0.25) is 0 Å². The molecule has 2 unspecified atom stereocenters. The van der Waals surface area contributed by atoms with Crippen LogP contribution in [0.25, 0.3) is 0 Å². The van der Waals surface area contributed by atoms with Crippen LogP contribution in [0.5, 0.6) is 0 Å². The van der Waals surface area contributed by atoms with Crippen molar-refractivity contribution in [2.24, 2.45) is 11.8 Å². The van der Waals surface area contributed by atoms with Gasteiger partial charge in [0.25, 0.3) is 0 Å². The Kier molecular flexibility index (Phi) is 1.49. The van der Waals surface area contributed by atoms with Crippen molar-refractivity contribution in [3.63, 3.8) is 0 Å². The molecule has 2 saturated carbocycles. The Bertz CT molecular complexity index is 306. The third-order valence-corrected chi connectivity index (χ3v) is 3.57. The Balaban J connectivity index is 1.81. The molecule has 70 valence electrons. The summed E-state index contributed by atoms with van der Waals surface area (Å²) < 4.78 is 0. The van der Waals surface area contributed by atoms with Gasteiger partial charge < -0.3 is 0 Å². The third-order valence-electron chi connectivity index (χ3n) is 3.57. The first kappa shape index (κ1) is 7.54. The molecule has 0 aliphatic heterocycles. The Morgan fingerprint density at radius 2 is 1.92 bits per heavy atom. The second-order valence-electron chi connectivity index (χ2n) is 4.42. The predicted octanol–water partition coefficient (Wildman–Crippen LogP) is 2.02. The van der Waals surface area contributed by atoms with Crippen molar-refractivity contribution in [2.45, 2.75) is 38.5 Å². The van der Waals surface area contributed by atoms with Crippen LogP contribution in [0.15, 0.2) is 0 Å². The van der Waals surface area contributed by atoms with E-state index in [9.17, 15) is 0 Å². The Morgan fingerprint density at radius 3 is 2.46 bits per heavy atom. The highest BCUT2D eigenvalue weighted by Gasteiger charge is 2.53. The van der Waals surface area contributed by atoms with E-state index in [2.05, 4.69) is 15.2 Å². The number of hydrogen-bond donors (Lipinski definition) is 1. The van der Waals surface area contributed by atoms with E-state index in [0.717, 1.165) is 23.5 Å². The highest BCUT2D eigenvalue weighted by molar-refractivity contribution is 5.16. The molecule has 3 rings (SSSR count). The molecule has 1 aromatic heterocycles. The zero-order chi connectivity index (χ0) is 8.84. The number of rotatable bonds is 1. The Labute approximate surface area is 78.0 Å². The van der Waals surface area contributed by atoms with Crippen LogP contribution in [-0.2, 0) is 0 Å². The van der Waals surface area contributed by atoms with Crippen molar-refractivity contribution in [2.75, 3.05) is 0 Å². The summed E-state index contributed by atoms with van der Waals surface area (Å²) in [6.45, 7) is 1.97. The van der Waals surface area contributed by atoms with Gasteiger partial charge in [-0.1, -0.05) is 12.8 Å². The molecular weight excluding hydrogens is 162 g/mol. The van der Waals surface area contributed by atoms with Crippen molar-refractivity contribution < 1.29 is 0 Å². The molecular formula is C10H15N3. The average molecular weight is 177 g/mol. The Morgan fingerprint density at radius 1 is 1.23 bits per heavy atom. The normalized spacial score (nSPS) is 37.2. The molecule has 1 N–H and O–H groups in total. The lowest BCUT2D eigenvalue weighted by Gasteiger charge is -2.04. The van der Waals surface area contributed by atoms with E-state index < -0.39 is 0 Å². The maximum Gasteiger partial charge on any atom is 0.154 e.